The SMILES string of the molecule is C[C@]12CC(C=N)=C([NH2+]c3ccc(F)cc3)C=C1CC[C@]13CC12[C@@H](O)C[C@@]1(C)C3CC[C@]1(OC(=O)c1nccs1)C(=O)SCCO. The summed E-state index contributed by atoms with van der Waals surface area (Å²) in [4.78, 5) is 31.6. The molecule has 7 atom stereocenters. The van der Waals surface area contributed by atoms with E-state index in [1.807, 2.05) is 12.2 Å². The molecule has 238 valence electrons. The molecule has 5 aliphatic rings. The Labute approximate surface area is 270 Å². The third kappa shape index (κ3) is 4.13. The molecular formula is C34H39FN3O5S2+. The van der Waals surface area contributed by atoms with Gasteiger partial charge in [0.15, 0.2) is 5.60 Å². The number of carbonyl (C=O) groups is 2. The molecule has 11 heteroatoms. The highest BCUT2D eigenvalue weighted by Gasteiger charge is 2.88. The molecule has 7 rings (SSSR count). The van der Waals surface area contributed by atoms with E-state index in [0.717, 1.165) is 48.0 Å². The number of esters is 1. The lowest BCUT2D eigenvalue weighted by molar-refractivity contribution is -0.513. The second-order valence-electron chi connectivity index (χ2n) is 13.9. The number of quaternary nitrogens is 1. The van der Waals surface area contributed by atoms with Gasteiger partial charge in [0.2, 0.25) is 10.1 Å². The van der Waals surface area contributed by atoms with Crippen molar-refractivity contribution in [3.8, 4) is 0 Å². The van der Waals surface area contributed by atoms with Crippen molar-refractivity contribution < 1.29 is 34.2 Å². The van der Waals surface area contributed by atoms with Gasteiger partial charge in [0.25, 0.3) is 0 Å². The molecule has 0 amide bonds. The topological polar surface area (TPSA) is 137 Å². The lowest BCUT2D eigenvalue weighted by atomic mass is 9.45. The highest BCUT2D eigenvalue weighted by atomic mass is 32.2. The molecule has 0 saturated heterocycles. The van der Waals surface area contributed by atoms with Gasteiger partial charge in [-0.15, -0.1) is 11.3 Å². The van der Waals surface area contributed by atoms with E-state index in [4.69, 9.17) is 10.1 Å². The number of thioether (sulfide) groups is 1. The molecule has 4 saturated carbocycles. The number of allylic oxidation sites excluding steroid dienone is 3. The Balaban J connectivity index is 1.24. The fraction of sp³-hybridized carbons (Fsp3) is 0.529. The van der Waals surface area contributed by atoms with Crippen LogP contribution in [-0.4, -0.2) is 56.6 Å². The van der Waals surface area contributed by atoms with Crippen molar-refractivity contribution >= 4 is 46.1 Å². The average Bonchev–Trinajstić information content (AvgIpc) is 3.30. The van der Waals surface area contributed by atoms with Crippen LogP contribution in [0.1, 0.15) is 68.6 Å². The summed E-state index contributed by atoms with van der Waals surface area (Å²) in [5.74, 6) is -0.659. The molecule has 2 aromatic rings. The maximum absolute atomic E-state index is 14.1. The summed E-state index contributed by atoms with van der Waals surface area (Å²) in [5.41, 5.74) is 0.713. The molecule has 2 unspecified atom stereocenters. The highest BCUT2D eigenvalue weighted by molar-refractivity contribution is 8.13. The van der Waals surface area contributed by atoms with Gasteiger partial charge in [0.05, 0.1) is 12.7 Å². The molecule has 8 nitrogen and oxygen atoms in total. The van der Waals surface area contributed by atoms with Gasteiger partial charge in [0.1, 0.15) is 17.2 Å². The van der Waals surface area contributed by atoms with Crippen LogP contribution < -0.4 is 5.32 Å². The number of benzene rings is 1. The van der Waals surface area contributed by atoms with Crippen molar-refractivity contribution in [1.82, 2.24) is 4.98 Å². The summed E-state index contributed by atoms with van der Waals surface area (Å²) >= 11 is 2.17. The van der Waals surface area contributed by atoms with Crippen molar-refractivity contribution in [3.63, 3.8) is 0 Å². The van der Waals surface area contributed by atoms with Crippen molar-refractivity contribution in [3.05, 3.63) is 69.6 Å². The van der Waals surface area contributed by atoms with E-state index in [1.165, 1.54) is 41.5 Å². The first-order valence-electron chi connectivity index (χ1n) is 15.6. The number of nitrogens with two attached hydrogens (primary N) is 1. The van der Waals surface area contributed by atoms with Crippen LogP contribution >= 0.6 is 23.1 Å². The van der Waals surface area contributed by atoms with Crippen LogP contribution in [0.4, 0.5) is 10.1 Å². The molecule has 1 aromatic heterocycles. The molecule has 1 heterocycles. The smallest absolute Gasteiger partial charge is 0.368 e. The fourth-order valence-electron chi connectivity index (χ4n) is 10.5. The van der Waals surface area contributed by atoms with Crippen molar-refractivity contribution in [2.45, 2.75) is 70.5 Å². The predicted octanol–water partition coefficient (Wildman–Crippen LogP) is 4.92. The van der Waals surface area contributed by atoms with Crippen LogP contribution in [0.5, 0.6) is 0 Å². The number of nitrogens with one attached hydrogen (secondary N) is 1. The second kappa shape index (κ2) is 10.7. The van der Waals surface area contributed by atoms with Gasteiger partial charge in [-0.25, -0.2) is 14.2 Å². The van der Waals surface area contributed by atoms with E-state index < -0.39 is 28.5 Å². The predicted molar refractivity (Wildman–Crippen MR) is 170 cm³/mol. The second-order valence-corrected chi connectivity index (χ2v) is 15.9. The summed E-state index contributed by atoms with van der Waals surface area (Å²) in [7, 11) is 0. The van der Waals surface area contributed by atoms with E-state index in [-0.39, 0.29) is 45.0 Å². The Hall–Kier alpha value is -2.70. The van der Waals surface area contributed by atoms with E-state index in [1.54, 1.807) is 17.5 Å². The van der Waals surface area contributed by atoms with Crippen LogP contribution in [0.3, 0.4) is 0 Å². The molecule has 1 aromatic carbocycles. The Morgan fingerprint density at radius 1 is 1.27 bits per heavy atom. The van der Waals surface area contributed by atoms with Gasteiger partial charge in [-0.2, -0.15) is 0 Å². The van der Waals surface area contributed by atoms with Crippen LogP contribution in [0.15, 0.2) is 58.8 Å². The number of aliphatic hydroxyl groups excluding tert-OH is 2. The monoisotopic (exact) mass is 652 g/mol. The number of fused-ring (bicyclic) bond motifs is 2. The van der Waals surface area contributed by atoms with E-state index in [0.29, 0.717) is 25.7 Å². The first kappa shape index (κ1) is 30.9. The van der Waals surface area contributed by atoms with Crippen LogP contribution in [0.25, 0.3) is 0 Å². The van der Waals surface area contributed by atoms with Crippen molar-refractivity contribution in [2.75, 3.05) is 12.4 Å². The summed E-state index contributed by atoms with van der Waals surface area (Å²) in [6.45, 7) is 4.11. The minimum absolute atomic E-state index is 0.0501. The Kier molecular flexibility index (Phi) is 7.33. The van der Waals surface area contributed by atoms with Crippen molar-refractivity contribution in [2.24, 2.45) is 27.6 Å². The average molecular weight is 653 g/mol. The van der Waals surface area contributed by atoms with Gasteiger partial charge in [0, 0.05) is 57.5 Å². The van der Waals surface area contributed by atoms with Crippen LogP contribution in [0, 0.1) is 38.8 Å². The highest BCUT2D eigenvalue weighted by Crippen LogP contribution is 2.90. The standard InChI is InChI=1S/C34H38FN3O5S2/c1-30-16-20(18-36)24(38-23-5-3-22(35)4-6-23)15-21(30)7-9-32-19-33(30,32)26(40)17-31(2)25(32)8-10-34(31,29(42)45-14-12-39)43-28(41)27-37-11-13-44-27/h3-6,11,13,15,18,25-26,36,38-40H,7-10,12,14,16-17,19H2,1-2H3/p+1/t25?,26-,30-,31-,32+,33?,34-/m0/s1. The van der Waals surface area contributed by atoms with Crippen LogP contribution in [-0.2, 0) is 9.53 Å². The normalized spacial score (nSPS) is 37.9. The number of ether oxygens (including phenoxy) is 1. The van der Waals surface area contributed by atoms with Crippen LogP contribution in [0.2, 0.25) is 0 Å². The zero-order valence-corrected chi connectivity index (χ0v) is 27.1. The lowest BCUT2D eigenvalue weighted by Crippen LogP contribution is -2.76. The molecule has 5 aliphatic carbocycles. The number of hydrogen-bond donors (Lipinski definition) is 4. The van der Waals surface area contributed by atoms with Gasteiger partial charge in [-0.05, 0) is 74.5 Å². The maximum atomic E-state index is 14.1. The zero-order valence-electron chi connectivity index (χ0n) is 25.5. The minimum atomic E-state index is -1.44. The molecular weight excluding hydrogens is 614 g/mol. The summed E-state index contributed by atoms with van der Waals surface area (Å²) in [6.07, 6.45) is 8.93. The summed E-state index contributed by atoms with van der Waals surface area (Å²) in [6, 6.07) is 6.35. The number of thiazole rings is 1. The Morgan fingerprint density at radius 2 is 2.04 bits per heavy atom. The van der Waals surface area contributed by atoms with Gasteiger partial charge < -0.3 is 20.4 Å². The van der Waals surface area contributed by atoms with Gasteiger partial charge in [-0.1, -0.05) is 31.2 Å². The third-order valence-corrected chi connectivity index (χ3v) is 14.1. The number of halogens is 1. The first-order chi connectivity index (χ1) is 21.5. The number of carbonyl (C=O) groups excluding carboxylic acids is 2. The maximum Gasteiger partial charge on any atom is 0.368 e. The van der Waals surface area contributed by atoms with Gasteiger partial charge in [-0.3, -0.25) is 10.1 Å². The molecule has 0 spiro atoms. The molecule has 45 heavy (non-hydrogen) atoms. The van der Waals surface area contributed by atoms with Gasteiger partial charge >= 0.3 is 5.97 Å². The molecule has 0 aliphatic heterocycles. The number of aliphatic hydroxyl groups is 2. The first-order valence-corrected chi connectivity index (χ1v) is 17.5. The van der Waals surface area contributed by atoms with Crippen molar-refractivity contribution in [1.29, 1.82) is 5.41 Å². The Bertz CT molecular complexity index is 1630. The summed E-state index contributed by atoms with van der Waals surface area (Å²) in [5, 5.41) is 33.9. The number of nitrogens with zero attached hydrogens (tertiary/aromatic N) is 1. The minimum Gasteiger partial charge on any atom is -0.444 e. The summed E-state index contributed by atoms with van der Waals surface area (Å²) < 4.78 is 19.8. The molecule has 0 radical (unpaired) electrons. The number of rotatable bonds is 8. The molecule has 4 fully saturated rings. The quantitative estimate of drug-likeness (QED) is 0.181. The van der Waals surface area contributed by atoms with E-state index in [9.17, 15) is 24.2 Å². The molecule has 5 N–H and O–H groups in total. The molecule has 0 bridgehead atoms. The van der Waals surface area contributed by atoms with E-state index >= 15 is 0 Å². The van der Waals surface area contributed by atoms with E-state index in [2.05, 4.69) is 18.0 Å². The third-order valence-electron chi connectivity index (χ3n) is 12.4. The number of aromatic nitrogens is 1. The Morgan fingerprint density at radius 3 is 2.73 bits per heavy atom. The largest absolute Gasteiger partial charge is 0.444 e. The zero-order chi connectivity index (χ0) is 31.8. The fourth-order valence-corrected chi connectivity index (χ4v) is 11.9. The number of hydrogen-bond acceptors (Lipinski definition) is 9. The lowest BCUT2D eigenvalue weighted by Gasteiger charge is -2.60.